The highest BCUT2D eigenvalue weighted by molar-refractivity contribution is 6.38. The molecule has 1 aromatic rings. The van der Waals surface area contributed by atoms with E-state index in [1.165, 1.54) is 12.2 Å². The highest BCUT2D eigenvalue weighted by Crippen LogP contribution is 2.65. The second kappa shape index (κ2) is 12.3. The second-order valence-electron chi connectivity index (χ2n) is 13.4. The lowest BCUT2D eigenvalue weighted by Gasteiger charge is -2.35. The van der Waals surface area contributed by atoms with Crippen LogP contribution in [0.25, 0.3) is 0 Å². The summed E-state index contributed by atoms with van der Waals surface area (Å²) in [5, 5.41) is 8.03. The maximum Gasteiger partial charge on any atom is 0.408 e. The van der Waals surface area contributed by atoms with E-state index in [9.17, 15) is 24.0 Å². The van der Waals surface area contributed by atoms with Gasteiger partial charge in [-0.2, -0.15) is 0 Å². The van der Waals surface area contributed by atoms with Crippen LogP contribution in [0.4, 0.5) is 4.79 Å². The minimum absolute atomic E-state index is 0.0490. The molecule has 2 aliphatic carbocycles. The molecule has 1 aromatic carbocycles. The summed E-state index contributed by atoms with van der Waals surface area (Å²) in [7, 11) is 0. The number of nitrogens with one attached hydrogen (secondary N) is 3. The van der Waals surface area contributed by atoms with E-state index in [0.717, 1.165) is 11.1 Å². The molecule has 4 amide bonds. The maximum atomic E-state index is 14.4. The molecular weight excluding hydrogens is 548 g/mol. The van der Waals surface area contributed by atoms with Crippen LogP contribution in [0.15, 0.2) is 49.6 Å². The molecule has 1 heterocycles. The fourth-order valence-corrected chi connectivity index (χ4v) is 6.70. The first-order valence-corrected chi connectivity index (χ1v) is 14.9. The zero-order valence-corrected chi connectivity index (χ0v) is 25.8. The van der Waals surface area contributed by atoms with Crippen molar-refractivity contribution in [3.05, 3.63) is 60.7 Å². The van der Waals surface area contributed by atoms with E-state index < -0.39 is 47.4 Å². The van der Waals surface area contributed by atoms with E-state index >= 15 is 0 Å². The summed E-state index contributed by atoms with van der Waals surface area (Å²) in [5.74, 6) is -2.77. The van der Waals surface area contributed by atoms with Gasteiger partial charge in [0, 0.05) is 13.1 Å². The smallest absolute Gasteiger partial charge is 0.408 e. The monoisotopic (exact) mass is 592 g/mol. The Morgan fingerprint density at radius 2 is 1.67 bits per heavy atom. The van der Waals surface area contributed by atoms with Crippen molar-refractivity contribution in [1.82, 2.24) is 20.9 Å². The topological polar surface area (TPSA) is 134 Å². The first kappa shape index (κ1) is 32.0. The molecule has 1 saturated carbocycles. The Bertz CT molecular complexity index is 1290. The van der Waals surface area contributed by atoms with Crippen LogP contribution in [-0.2, 0) is 36.8 Å². The number of benzene rings is 1. The number of alkyl carbamates (subject to hydrolysis) is 1. The molecule has 4 rings (SSSR count). The Morgan fingerprint density at radius 1 is 1.05 bits per heavy atom. The van der Waals surface area contributed by atoms with Crippen molar-refractivity contribution in [1.29, 1.82) is 0 Å². The van der Waals surface area contributed by atoms with Gasteiger partial charge in [0.2, 0.25) is 17.6 Å². The van der Waals surface area contributed by atoms with E-state index in [0.29, 0.717) is 19.4 Å². The minimum Gasteiger partial charge on any atom is -0.444 e. The van der Waals surface area contributed by atoms with Crippen LogP contribution in [0.2, 0.25) is 0 Å². The minimum atomic E-state index is -1.13. The first-order chi connectivity index (χ1) is 20.2. The van der Waals surface area contributed by atoms with Crippen molar-refractivity contribution >= 4 is 29.6 Å². The number of nitrogens with zero attached hydrogens (tertiary/aromatic N) is 1. The number of ether oxygens (including phenoxy) is 1. The van der Waals surface area contributed by atoms with Gasteiger partial charge in [-0.3, -0.25) is 19.2 Å². The number of piperidine rings is 1. The predicted molar refractivity (Wildman–Crippen MR) is 162 cm³/mol. The lowest BCUT2D eigenvalue weighted by molar-refractivity contribution is -0.144. The van der Waals surface area contributed by atoms with Gasteiger partial charge in [-0.1, -0.05) is 50.3 Å². The summed E-state index contributed by atoms with van der Waals surface area (Å²) in [4.78, 5) is 68.1. The van der Waals surface area contributed by atoms with Crippen LogP contribution in [0.5, 0.6) is 0 Å². The van der Waals surface area contributed by atoms with E-state index in [4.69, 9.17) is 4.74 Å². The molecule has 43 heavy (non-hydrogen) atoms. The largest absolute Gasteiger partial charge is 0.444 e. The van der Waals surface area contributed by atoms with Crippen molar-refractivity contribution in [2.75, 3.05) is 13.1 Å². The molecule has 10 nitrogen and oxygen atoms in total. The van der Waals surface area contributed by atoms with Crippen molar-refractivity contribution in [2.24, 2.45) is 23.2 Å². The normalized spacial score (nSPS) is 23.2. The molecule has 10 heteroatoms. The van der Waals surface area contributed by atoms with Gasteiger partial charge in [-0.15, -0.1) is 13.2 Å². The molecule has 0 bridgehead atoms. The average Bonchev–Trinajstić information content (AvgIpc) is 3.30. The number of fused-ring (bicyclic) bond motifs is 2. The Labute approximate surface area is 253 Å². The Hall–Kier alpha value is -3.95. The lowest BCUT2D eigenvalue weighted by atomic mass is 9.93. The molecule has 0 radical (unpaired) electrons. The third kappa shape index (κ3) is 6.84. The molecule has 0 spiro atoms. The highest BCUT2D eigenvalue weighted by Gasteiger charge is 2.69. The van der Waals surface area contributed by atoms with Crippen LogP contribution >= 0.6 is 0 Å². The molecule has 1 unspecified atom stereocenters. The number of Topliss-reactive ketones (excluding diaryl/α,β-unsaturated/α-hetero) is 1. The van der Waals surface area contributed by atoms with Gasteiger partial charge in [0.25, 0.3) is 5.91 Å². The van der Waals surface area contributed by atoms with Crippen LogP contribution < -0.4 is 16.0 Å². The van der Waals surface area contributed by atoms with E-state index in [-0.39, 0.29) is 42.0 Å². The van der Waals surface area contributed by atoms with Gasteiger partial charge >= 0.3 is 6.09 Å². The van der Waals surface area contributed by atoms with Gasteiger partial charge in [0.05, 0.1) is 0 Å². The number of hydrogen-bond donors (Lipinski definition) is 3. The zero-order valence-electron chi connectivity index (χ0n) is 25.8. The fourth-order valence-electron chi connectivity index (χ4n) is 6.70. The quantitative estimate of drug-likeness (QED) is 0.267. The lowest BCUT2D eigenvalue weighted by Crippen LogP contribution is -2.59. The molecule has 2 fully saturated rings. The number of carbonyl (C=O) groups is 5. The van der Waals surface area contributed by atoms with Crippen molar-refractivity contribution in [3.8, 4) is 0 Å². The van der Waals surface area contributed by atoms with Gasteiger partial charge in [-0.05, 0) is 74.3 Å². The zero-order chi connectivity index (χ0) is 31.7. The van der Waals surface area contributed by atoms with Gasteiger partial charge in [0.1, 0.15) is 23.7 Å². The van der Waals surface area contributed by atoms with E-state index in [1.807, 2.05) is 24.3 Å². The van der Waals surface area contributed by atoms with Crippen molar-refractivity contribution in [3.63, 3.8) is 0 Å². The molecule has 0 aromatic heterocycles. The summed E-state index contributed by atoms with van der Waals surface area (Å²) in [6.07, 6.45) is 3.46. The van der Waals surface area contributed by atoms with Gasteiger partial charge < -0.3 is 25.6 Å². The Kier molecular flexibility index (Phi) is 9.18. The highest BCUT2D eigenvalue weighted by atomic mass is 16.6. The Balaban J connectivity index is 1.59. The van der Waals surface area contributed by atoms with E-state index in [1.54, 1.807) is 25.7 Å². The van der Waals surface area contributed by atoms with Crippen LogP contribution in [0.1, 0.15) is 52.2 Å². The number of hydrogen-bond acceptors (Lipinski definition) is 6. The van der Waals surface area contributed by atoms with Crippen LogP contribution in [0.3, 0.4) is 0 Å². The summed E-state index contributed by atoms with van der Waals surface area (Å²) < 4.78 is 5.52. The SMILES string of the molecule is C=CCNC(=O)C(=O)C(CC=C)NC(=O)[C@@H]1[C@H]2[C@@H](CN1C(=O)[C@@H](NC(=O)OC(C)(C)C)C1Cc3ccccc3C1)C2(C)C. The summed E-state index contributed by atoms with van der Waals surface area (Å²) in [5.41, 5.74) is 1.30. The average molecular weight is 593 g/mol. The third-order valence-electron chi connectivity index (χ3n) is 8.92. The molecular formula is C33H44N4O6. The summed E-state index contributed by atoms with van der Waals surface area (Å²) >= 11 is 0. The molecule has 1 saturated heterocycles. The molecule has 3 N–H and O–H groups in total. The number of carbonyl (C=O) groups excluding carboxylic acids is 5. The number of likely N-dealkylation sites (tertiary alicyclic amines) is 1. The second-order valence-corrected chi connectivity index (χ2v) is 13.4. The number of rotatable bonds is 11. The molecule has 3 aliphatic rings. The molecule has 232 valence electrons. The Morgan fingerprint density at radius 3 is 2.23 bits per heavy atom. The molecule has 1 aliphatic heterocycles. The summed E-state index contributed by atoms with van der Waals surface area (Å²) in [6, 6.07) is 5.03. The number of ketones is 1. The predicted octanol–water partition coefficient (Wildman–Crippen LogP) is 2.71. The fraction of sp³-hybridized carbons (Fsp3) is 0.545. The van der Waals surface area contributed by atoms with Crippen molar-refractivity contribution < 1.29 is 28.7 Å². The van der Waals surface area contributed by atoms with Gasteiger partial charge in [0.15, 0.2) is 0 Å². The number of amides is 4. The van der Waals surface area contributed by atoms with Crippen LogP contribution in [-0.4, -0.2) is 71.3 Å². The van der Waals surface area contributed by atoms with Crippen molar-refractivity contribution in [2.45, 2.75) is 77.6 Å². The molecule has 5 atom stereocenters. The standard InChI is InChI=1S/C33H44N4O6/c1-8-12-23(27(38)29(40)34-15-9-2)35-28(39)26-24-22(33(24,6)7)18-37(26)30(41)25(36-31(42)43-32(3,4)5)21-16-19-13-10-11-14-20(19)17-21/h8-11,13-14,21-26H,1-2,12,15-18H2,3-7H3,(H,34,40)(H,35,39)(H,36,42)/t22-,23?,24-,25+,26+/m1/s1. The first-order valence-electron chi connectivity index (χ1n) is 14.9. The van der Waals surface area contributed by atoms with E-state index in [2.05, 4.69) is 43.0 Å². The third-order valence-corrected chi connectivity index (χ3v) is 8.92. The summed E-state index contributed by atoms with van der Waals surface area (Å²) in [6.45, 7) is 17.0. The maximum absolute atomic E-state index is 14.4. The van der Waals surface area contributed by atoms with Crippen LogP contribution in [0, 0.1) is 23.2 Å². The van der Waals surface area contributed by atoms with Gasteiger partial charge in [-0.25, -0.2) is 4.79 Å².